The molecule has 0 spiro atoms. The zero-order valence-corrected chi connectivity index (χ0v) is 13.9. The van der Waals surface area contributed by atoms with Crippen LogP contribution < -0.4 is 5.32 Å². The highest BCUT2D eigenvalue weighted by molar-refractivity contribution is 8.00. The maximum absolute atomic E-state index is 6.38. The van der Waals surface area contributed by atoms with Crippen LogP contribution in [0.4, 0.5) is 0 Å². The molecule has 112 valence electrons. The Morgan fingerprint density at radius 3 is 2.95 bits per heavy atom. The maximum atomic E-state index is 6.38. The molecule has 1 N–H and O–H groups in total. The first-order valence-electron chi connectivity index (χ1n) is 7.36. The molecule has 1 aromatic heterocycles. The number of fused-ring (bicyclic) bond motifs is 1. The summed E-state index contributed by atoms with van der Waals surface area (Å²) in [7, 11) is 1.97. The van der Waals surface area contributed by atoms with E-state index in [0.29, 0.717) is 5.25 Å². The molecule has 1 aliphatic heterocycles. The summed E-state index contributed by atoms with van der Waals surface area (Å²) in [6.07, 6.45) is 3.92. The number of halogens is 1. The van der Waals surface area contributed by atoms with E-state index in [1.165, 1.54) is 10.5 Å². The molecular formula is C16H20ClN3S. The molecule has 2 aromatic rings. The second kappa shape index (κ2) is 6.42. The van der Waals surface area contributed by atoms with Gasteiger partial charge in [-0.25, -0.2) is 0 Å². The van der Waals surface area contributed by atoms with E-state index >= 15 is 0 Å². The number of aryl methyl sites for hydroxylation is 1. The molecule has 0 fully saturated rings. The Morgan fingerprint density at radius 1 is 1.48 bits per heavy atom. The molecule has 2 atom stereocenters. The number of hydrogen-bond acceptors (Lipinski definition) is 3. The Hall–Kier alpha value is -0.970. The Kier molecular flexibility index (Phi) is 4.57. The minimum absolute atomic E-state index is 0.224. The first-order valence-corrected chi connectivity index (χ1v) is 8.61. The SMILES string of the molecule is CCCNC(c1c(Cl)cnn1C)C1Cc2ccccc2S1. The van der Waals surface area contributed by atoms with Crippen LogP contribution in [0.25, 0.3) is 0 Å². The highest BCUT2D eigenvalue weighted by Gasteiger charge is 2.33. The summed E-state index contributed by atoms with van der Waals surface area (Å²) in [5.74, 6) is 0. The standard InChI is InChI=1S/C16H20ClN3S/c1-3-8-18-15(16-12(17)10-19-20(16)2)14-9-11-6-4-5-7-13(11)21-14/h4-7,10,14-15,18H,3,8-9H2,1-2H3. The lowest BCUT2D eigenvalue weighted by Gasteiger charge is -2.25. The van der Waals surface area contributed by atoms with E-state index < -0.39 is 0 Å². The molecule has 0 radical (unpaired) electrons. The highest BCUT2D eigenvalue weighted by Crippen LogP contribution is 2.43. The lowest BCUT2D eigenvalue weighted by molar-refractivity contribution is 0.481. The van der Waals surface area contributed by atoms with Gasteiger partial charge < -0.3 is 5.32 Å². The summed E-state index contributed by atoms with van der Waals surface area (Å²) in [6, 6.07) is 8.89. The van der Waals surface area contributed by atoms with Gasteiger partial charge in [-0.1, -0.05) is 36.7 Å². The van der Waals surface area contributed by atoms with E-state index in [-0.39, 0.29) is 6.04 Å². The Labute approximate surface area is 135 Å². The van der Waals surface area contributed by atoms with Gasteiger partial charge in [0.05, 0.1) is 23.0 Å². The molecule has 2 unspecified atom stereocenters. The van der Waals surface area contributed by atoms with Crippen molar-refractivity contribution < 1.29 is 0 Å². The van der Waals surface area contributed by atoms with Crippen LogP contribution in [0.3, 0.4) is 0 Å². The van der Waals surface area contributed by atoms with Gasteiger partial charge in [-0.05, 0) is 31.0 Å². The molecule has 0 saturated carbocycles. The maximum Gasteiger partial charge on any atom is 0.0834 e. The van der Waals surface area contributed by atoms with E-state index in [9.17, 15) is 0 Å². The third-order valence-corrected chi connectivity index (χ3v) is 5.58. The van der Waals surface area contributed by atoms with Crippen molar-refractivity contribution in [1.82, 2.24) is 15.1 Å². The van der Waals surface area contributed by atoms with Gasteiger partial charge in [0.1, 0.15) is 0 Å². The van der Waals surface area contributed by atoms with E-state index in [1.54, 1.807) is 6.20 Å². The normalized spacial score (nSPS) is 18.7. The van der Waals surface area contributed by atoms with Crippen LogP contribution in [-0.2, 0) is 13.5 Å². The number of thioether (sulfide) groups is 1. The fraction of sp³-hybridized carbons (Fsp3) is 0.438. The van der Waals surface area contributed by atoms with Crippen LogP contribution in [0, 0.1) is 0 Å². The summed E-state index contributed by atoms with van der Waals surface area (Å²) in [6.45, 7) is 3.17. The van der Waals surface area contributed by atoms with E-state index in [0.717, 1.165) is 30.1 Å². The van der Waals surface area contributed by atoms with Crippen LogP contribution in [0.15, 0.2) is 35.4 Å². The van der Waals surface area contributed by atoms with Crippen molar-refractivity contribution in [3.05, 3.63) is 46.7 Å². The molecule has 0 aliphatic carbocycles. The Morgan fingerprint density at radius 2 is 2.29 bits per heavy atom. The van der Waals surface area contributed by atoms with Crippen molar-refractivity contribution in [2.24, 2.45) is 7.05 Å². The summed E-state index contributed by atoms with van der Waals surface area (Å²) in [5, 5.41) is 9.18. The molecule has 1 aliphatic rings. The average molecular weight is 322 g/mol. The number of hydrogen-bond donors (Lipinski definition) is 1. The zero-order chi connectivity index (χ0) is 14.8. The van der Waals surface area contributed by atoms with Crippen LogP contribution in [0.2, 0.25) is 5.02 Å². The molecule has 2 heterocycles. The second-order valence-corrected chi connectivity index (χ2v) is 7.09. The summed E-state index contributed by atoms with van der Waals surface area (Å²) in [4.78, 5) is 1.39. The lowest BCUT2D eigenvalue weighted by atomic mass is 10.0. The Balaban J connectivity index is 1.88. The van der Waals surface area contributed by atoms with Crippen molar-refractivity contribution >= 4 is 23.4 Å². The van der Waals surface area contributed by atoms with Gasteiger partial charge in [-0.15, -0.1) is 11.8 Å². The molecule has 3 rings (SSSR count). The van der Waals surface area contributed by atoms with Crippen molar-refractivity contribution in [3.8, 4) is 0 Å². The fourth-order valence-corrected chi connectivity index (χ4v) is 4.56. The van der Waals surface area contributed by atoms with E-state index in [1.807, 2.05) is 23.5 Å². The van der Waals surface area contributed by atoms with Gasteiger partial charge in [0, 0.05) is 17.2 Å². The average Bonchev–Trinajstić information content (AvgIpc) is 3.05. The number of benzene rings is 1. The molecule has 0 amide bonds. The van der Waals surface area contributed by atoms with Crippen LogP contribution in [0.5, 0.6) is 0 Å². The van der Waals surface area contributed by atoms with E-state index in [4.69, 9.17) is 11.6 Å². The number of nitrogens with one attached hydrogen (secondary N) is 1. The fourth-order valence-electron chi connectivity index (χ4n) is 2.87. The minimum atomic E-state index is 0.224. The van der Waals surface area contributed by atoms with Crippen LogP contribution in [0.1, 0.15) is 30.6 Å². The highest BCUT2D eigenvalue weighted by atomic mass is 35.5. The molecular weight excluding hydrogens is 302 g/mol. The largest absolute Gasteiger partial charge is 0.308 e. The number of nitrogens with zero attached hydrogens (tertiary/aromatic N) is 2. The smallest absolute Gasteiger partial charge is 0.0834 e. The third-order valence-electron chi connectivity index (χ3n) is 3.89. The lowest BCUT2D eigenvalue weighted by Crippen LogP contribution is -2.32. The first-order chi connectivity index (χ1) is 10.2. The number of aromatic nitrogens is 2. The monoisotopic (exact) mass is 321 g/mol. The first kappa shape index (κ1) is 14.9. The summed E-state index contributed by atoms with van der Waals surface area (Å²) < 4.78 is 1.90. The molecule has 3 nitrogen and oxygen atoms in total. The van der Waals surface area contributed by atoms with Gasteiger partial charge in [0.25, 0.3) is 0 Å². The molecule has 1 aromatic carbocycles. The van der Waals surface area contributed by atoms with Gasteiger partial charge in [-0.3, -0.25) is 4.68 Å². The van der Waals surface area contributed by atoms with Crippen molar-refractivity contribution in [2.45, 2.75) is 36.0 Å². The third kappa shape index (κ3) is 2.98. The topological polar surface area (TPSA) is 29.9 Å². The van der Waals surface area contributed by atoms with Crippen molar-refractivity contribution in [3.63, 3.8) is 0 Å². The number of rotatable bonds is 5. The second-order valence-electron chi connectivity index (χ2n) is 5.40. The Bertz CT molecular complexity index is 581. The van der Waals surface area contributed by atoms with E-state index in [2.05, 4.69) is 41.6 Å². The summed E-state index contributed by atoms with van der Waals surface area (Å²) >= 11 is 8.32. The molecule has 5 heteroatoms. The van der Waals surface area contributed by atoms with Gasteiger partial charge in [-0.2, -0.15) is 5.10 Å². The van der Waals surface area contributed by atoms with Gasteiger partial charge in [0.15, 0.2) is 0 Å². The molecule has 0 bridgehead atoms. The molecule has 21 heavy (non-hydrogen) atoms. The predicted octanol–water partition coefficient (Wildman–Crippen LogP) is 3.83. The predicted molar refractivity (Wildman–Crippen MR) is 89.0 cm³/mol. The minimum Gasteiger partial charge on any atom is -0.308 e. The quantitative estimate of drug-likeness (QED) is 0.907. The van der Waals surface area contributed by atoms with Crippen LogP contribution in [-0.4, -0.2) is 21.6 Å². The molecule has 0 saturated heterocycles. The van der Waals surface area contributed by atoms with Gasteiger partial charge >= 0.3 is 0 Å². The van der Waals surface area contributed by atoms with Crippen molar-refractivity contribution in [1.29, 1.82) is 0 Å². The summed E-state index contributed by atoms with van der Waals surface area (Å²) in [5.41, 5.74) is 2.53. The zero-order valence-electron chi connectivity index (χ0n) is 12.3. The van der Waals surface area contributed by atoms with Crippen LogP contribution >= 0.6 is 23.4 Å². The van der Waals surface area contributed by atoms with Crippen molar-refractivity contribution in [2.75, 3.05) is 6.54 Å². The van der Waals surface area contributed by atoms with Gasteiger partial charge in [0.2, 0.25) is 0 Å².